The summed E-state index contributed by atoms with van der Waals surface area (Å²) in [6.07, 6.45) is 12.6. The molecule has 8 nitrogen and oxygen atoms in total. The van der Waals surface area contributed by atoms with Crippen molar-refractivity contribution in [3.05, 3.63) is 51.3 Å². The van der Waals surface area contributed by atoms with Crippen LogP contribution in [0.15, 0.2) is 39.3 Å². The molecule has 45 heavy (non-hydrogen) atoms. The number of azo groups is 1. The summed E-state index contributed by atoms with van der Waals surface area (Å²) in [4.78, 5) is 29.0. The minimum absolute atomic E-state index is 0.0148. The van der Waals surface area contributed by atoms with Gasteiger partial charge in [-0.3, -0.25) is 14.2 Å². The van der Waals surface area contributed by atoms with E-state index < -0.39 is 5.56 Å². The topological polar surface area (TPSA) is 111 Å². The summed E-state index contributed by atoms with van der Waals surface area (Å²) in [5.74, 6) is 0.759. The largest absolute Gasteiger partial charge is 0.493 e. The van der Waals surface area contributed by atoms with E-state index >= 15 is 0 Å². The Morgan fingerprint density at radius 3 is 1.91 bits per heavy atom. The predicted octanol–water partition coefficient (Wildman–Crippen LogP) is 9.86. The van der Waals surface area contributed by atoms with E-state index in [0.717, 1.165) is 70.9 Å². The minimum Gasteiger partial charge on any atom is -0.493 e. The minimum atomic E-state index is -0.485. The van der Waals surface area contributed by atoms with Crippen molar-refractivity contribution in [1.82, 2.24) is 9.47 Å². The normalized spacial score (nSPS) is 12.7. The molecule has 1 aromatic heterocycles. The number of benzene rings is 1. The fourth-order valence-electron chi connectivity index (χ4n) is 5.74. The smallest absolute Gasteiger partial charge is 0.271 e. The molecule has 248 valence electrons. The van der Waals surface area contributed by atoms with E-state index in [1.54, 1.807) is 24.3 Å². The molecule has 0 aliphatic carbocycles. The van der Waals surface area contributed by atoms with Gasteiger partial charge in [-0.15, -0.1) is 5.11 Å². The third kappa shape index (κ3) is 11.1. The molecule has 0 saturated carbocycles. The molecule has 1 N–H and O–H groups in total. The lowest BCUT2D eigenvalue weighted by Crippen LogP contribution is -2.39. The summed E-state index contributed by atoms with van der Waals surface area (Å²) < 4.78 is 1.23. The fraction of sp³-hybridized carbons (Fsp3) is 0.649. The van der Waals surface area contributed by atoms with Crippen LogP contribution in [0.5, 0.6) is 5.88 Å². The highest BCUT2D eigenvalue weighted by atomic mass is 16.3. The summed E-state index contributed by atoms with van der Waals surface area (Å²) in [5, 5.41) is 29.7. The molecule has 2 aromatic rings. The van der Waals surface area contributed by atoms with Gasteiger partial charge in [-0.1, -0.05) is 92.9 Å². The molecule has 1 amide bonds. The van der Waals surface area contributed by atoms with Crippen molar-refractivity contribution in [2.45, 2.75) is 132 Å². The number of rotatable bonds is 21. The zero-order valence-electron chi connectivity index (χ0n) is 28.8. The molecule has 1 aromatic carbocycles. The number of nitriles is 1. The van der Waals surface area contributed by atoms with Crippen LogP contribution in [0.3, 0.4) is 0 Å². The first kappa shape index (κ1) is 37.7. The van der Waals surface area contributed by atoms with Gasteiger partial charge < -0.3 is 10.0 Å². The van der Waals surface area contributed by atoms with E-state index in [1.165, 1.54) is 17.4 Å². The molecule has 0 fully saturated rings. The van der Waals surface area contributed by atoms with E-state index in [4.69, 9.17) is 0 Å². The number of hydrogen-bond donors (Lipinski definition) is 1. The average molecular weight is 620 g/mol. The fourth-order valence-corrected chi connectivity index (χ4v) is 5.74. The van der Waals surface area contributed by atoms with Crippen LogP contribution in [0.1, 0.15) is 140 Å². The first-order valence-corrected chi connectivity index (χ1v) is 17.5. The lowest BCUT2D eigenvalue weighted by Gasteiger charge is -2.31. The number of carbonyl (C=O) groups excluding carboxylic acids is 1. The Kier molecular flexibility index (Phi) is 17.2. The summed E-state index contributed by atoms with van der Waals surface area (Å²) in [6, 6.07) is 9.17. The molecule has 0 saturated heterocycles. The zero-order chi connectivity index (χ0) is 33.2. The first-order valence-electron chi connectivity index (χ1n) is 17.5. The van der Waals surface area contributed by atoms with Gasteiger partial charge in [0, 0.05) is 30.8 Å². The molecule has 2 rings (SSSR count). The molecule has 2 unspecified atom stereocenters. The van der Waals surface area contributed by atoms with Gasteiger partial charge in [-0.25, -0.2) is 0 Å². The molecule has 0 aliphatic heterocycles. The van der Waals surface area contributed by atoms with Gasteiger partial charge in [0.2, 0.25) is 5.88 Å². The first-order chi connectivity index (χ1) is 21.8. The molecule has 1 heterocycles. The molecule has 0 spiro atoms. The Labute approximate surface area is 271 Å². The van der Waals surface area contributed by atoms with Gasteiger partial charge >= 0.3 is 0 Å². The van der Waals surface area contributed by atoms with Gasteiger partial charge in [-0.2, -0.15) is 10.4 Å². The third-order valence-electron chi connectivity index (χ3n) is 8.85. The molecular formula is C37H57N5O3. The quantitative estimate of drug-likeness (QED) is 0.140. The van der Waals surface area contributed by atoms with Crippen LogP contribution in [0.2, 0.25) is 0 Å². The third-order valence-corrected chi connectivity index (χ3v) is 8.85. The van der Waals surface area contributed by atoms with E-state index in [-0.39, 0.29) is 23.0 Å². The molecule has 8 heteroatoms. The summed E-state index contributed by atoms with van der Waals surface area (Å²) in [5.41, 5.74) is 1.27. The Morgan fingerprint density at radius 1 is 0.867 bits per heavy atom. The number of aromatic hydroxyl groups is 1. The number of hydrogen-bond acceptors (Lipinski definition) is 6. The van der Waals surface area contributed by atoms with Crippen molar-refractivity contribution >= 4 is 17.3 Å². The highest BCUT2D eigenvalue weighted by molar-refractivity contribution is 5.94. The second-order valence-electron chi connectivity index (χ2n) is 12.3. The molecular weight excluding hydrogens is 562 g/mol. The van der Waals surface area contributed by atoms with Crippen LogP contribution in [0.25, 0.3) is 0 Å². The zero-order valence-corrected chi connectivity index (χ0v) is 28.8. The van der Waals surface area contributed by atoms with Crippen LogP contribution in [-0.2, 0) is 13.0 Å². The maximum absolute atomic E-state index is 13.9. The number of nitrogens with zero attached hydrogens (tertiary/aromatic N) is 5. The van der Waals surface area contributed by atoms with Crippen LogP contribution in [0, 0.1) is 23.2 Å². The van der Waals surface area contributed by atoms with Crippen molar-refractivity contribution < 1.29 is 9.90 Å². The highest BCUT2D eigenvalue weighted by Crippen LogP contribution is 2.34. The molecule has 0 bridgehead atoms. The maximum atomic E-state index is 13.9. The Balaban J connectivity index is 2.42. The number of pyridine rings is 1. The Hall–Kier alpha value is -3.47. The van der Waals surface area contributed by atoms with Crippen LogP contribution < -0.4 is 5.56 Å². The highest BCUT2D eigenvalue weighted by Gasteiger charge is 2.24. The second kappa shape index (κ2) is 20.5. The van der Waals surface area contributed by atoms with E-state index in [9.17, 15) is 20.0 Å². The van der Waals surface area contributed by atoms with Gasteiger partial charge in [-0.05, 0) is 68.2 Å². The van der Waals surface area contributed by atoms with E-state index in [1.807, 2.05) is 13.8 Å². The standard InChI is InChI=1S/C37H57N5O3/c1-7-13-17-28(11-5)26-41(27-29(12-6)18-14-8-2)35(43)30-20-22-31(23-21-30)39-40-34-32(19-15-9-3)33(25-38)36(44)42(37(34)45)24-16-10-4/h20-23,28-29,45H,7-19,24,26-27H2,1-6H3/b40-39+. The van der Waals surface area contributed by atoms with Gasteiger partial charge in [0.05, 0.1) is 5.69 Å². The number of unbranched alkanes of at least 4 members (excludes halogenated alkanes) is 4. The van der Waals surface area contributed by atoms with Crippen molar-refractivity contribution in [3.8, 4) is 11.9 Å². The van der Waals surface area contributed by atoms with Crippen molar-refractivity contribution in [2.75, 3.05) is 13.1 Å². The van der Waals surface area contributed by atoms with Crippen LogP contribution >= 0.6 is 0 Å². The van der Waals surface area contributed by atoms with Crippen molar-refractivity contribution in [3.63, 3.8) is 0 Å². The van der Waals surface area contributed by atoms with Gasteiger partial charge in [0.1, 0.15) is 11.6 Å². The molecule has 0 radical (unpaired) electrons. The lowest BCUT2D eigenvalue weighted by molar-refractivity contribution is 0.0685. The van der Waals surface area contributed by atoms with Crippen molar-refractivity contribution in [2.24, 2.45) is 22.1 Å². The summed E-state index contributed by atoms with van der Waals surface area (Å²) in [7, 11) is 0. The lowest BCUT2D eigenvalue weighted by atomic mass is 9.95. The van der Waals surface area contributed by atoms with Crippen LogP contribution in [0.4, 0.5) is 11.4 Å². The second-order valence-corrected chi connectivity index (χ2v) is 12.3. The SMILES string of the molecule is CCCCc1c(/N=N/c2ccc(C(=O)N(CC(CC)CCCC)CC(CC)CCCC)cc2)c(O)n(CCCC)c(=O)c1C#N. The molecule has 0 aliphatic rings. The van der Waals surface area contributed by atoms with E-state index in [2.05, 4.69) is 48.9 Å². The average Bonchev–Trinajstić information content (AvgIpc) is 3.06. The Bertz CT molecular complexity index is 1290. The Morgan fingerprint density at radius 2 is 1.42 bits per heavy atom. The maximum Gasteiger partial charge on any atom is 0.271 e. The van der Waals surface area contributed by atoms with Crippen molar-refractivity contribution in [1.29, 1.82) is 5.26 Å². The summed E-state index contributed by atoms with van der Waals surface area (Å²) in [6.45, 7) is 14.7. The van der Waals surface area contributed by atoms with Crippen LogP contribution in [-0.4, -0.2) is 33.6 Å². The molecule has 2 atom stereocenters. The van der Waals surface area contributed by atoms with Gasteiger partial charge in [0.25, 0.3) is 11.5 Å². The summed E-state index contributed by atoms with van der Waals surface area (Å²) >= 11 is 0. The number of amides is 1. The monoisotopic (exact) mass is 619 g/mol. The number of carbonyl (C=O) groups is 1. The van der Waals surface area contributed by atoms with Gasteiger partial charge in [0.15, 0.2) is 5.69 Å². The number of aromatic nitrogens is 1. The van der Waals surface area contributed by atoms with E-state index in [0.29, 0.717) is 48.0 Å². The predicted molar refractivity (Wildman–Crippen MR) is 184 cm³/mol.